The normalized spacial score (nSPS) is 10.7. The van der Waals surface area contributed by atoms with Crippen LogP contribution in [0.4, 0.5) is 5.69 Å². The van der Waals surface area contributed by atoms with E-state index < -0.39 is 0 Å². The van der Waals surface area contributed by atoms with E-state index in [-0.39, 0.29) is 17.6 Å². The van der Waals surface area contributed by atoms with Crippen LogP contribution in [0.5, 0.6) is 0 Å². The first-order chi connectivity index (χ1) is 11.7. The van der Waals surface area contributed by atoms with Crippen molar-refractivity contribution >= 4 is 28.4 Å². The van der Waals surface area contributed by atoms with Gasteiger partial charge >= 0.3 is 0 Å². The number of H-pyrrole nitrogens is 1. The highest BCUT2D eigenvalue weighted by Crippen LogP contribution is 2.21. The average molecular weight is 327 g/mol. The first-order valence-electron chi connectivity index (χ1n) is 7.42. The van der Waals surface area contributed by atoms with Crippen LogP contribution in [0.15, 0.2) is 47.1 Å². The van der Waals surface area contributed by atoms with Crippen LogP contribution in [0.3, 0.4) is 0 Å². The lowest BCUT2D eigenvalue weighted by Gasteiger charge is -2.02. The summed E-state index contributed by atoms with van der Waals surface area (Å²) in [5.74, 6) is -0.292. The summed E-state index contributed by atoms with van der Waals surface area (Å²) >= 11 is 0. The molecule has 0 radical (unpaired) electrons. The highest BCUT2D eigenvalue weighted by Gasteiger charge is 2.11. The number of fused-ring (bicyclic) bond motifs is 1. The Hall–Kier alpha value is -3.06. The van der Waals surface area contributed by atoms with Crippen LogP contribution in [-0.2, 0) is 4.74 Å². The molecule has 3 N–H and O–H groups in total. The van der Waals surface area contributed by atoms with E-state index in [0.717, 1.165) is 10.9 Å². The Morgan fingerprint density at radius 2 is 2.08 bits per heavy atom. The van der Waals surface area contributed by atoms with E-state index in [4.69, 9.17) is 9.15 Å². The number of anilines is 1. The summed E-state index contributed by atoms with van der Waals surface area (Å²) in [4.78, 5) is 27.1. The maximum atomic E-state index is 12.0. The van der Waals surface area contributed by atoms with Crippen molar-refractivity contribution < 1.29 is 18.7 Å². The second-order valence-electron chi connectivity index (χ2n) is 5.17. The zero-order valence-corrected chi connectivity index (χ0v) is 13.1. The van der Waals surface area contributed by atoms with Crippen LogP contribution in [0, 0.1) is 0 Å². The molecule has 0 unspecified atom stereocenters. The smallest absolute Gasteiger partial charge is 0.291 e. The van der Waals surface area contributed by atoms with Crippen LogP contribution in [0.1, 0.15) is 21.0 Å². The largest absolute Gasteiger partial charge is 0.459 e. The van der Waals surface area contributed by atoms with E-state index in [1.54, 1.807) is 43.5 Å². The second-order valence-corrected chi connectivity index (χ2v) is 5.17. The van der Waals surface area contributed by atoms with Gasteiger partial charge in [-0.3, -0.25) is 9.59 Å². The molecule has 2 heterocycles. The molecule has 0 aliphatic carbocycles. The highest BCUT2D eigenvalue weighted by atomic mass is 16.5. The van der Waals surface area contributed by atoms with Crippen LogP contribution < -0.4 is 10.6 Å². The lowest BCUT2D eigenvalue weighted by molar-refractivity contribution is 0.0932. The summed E-state index contributed by atoms with van der Waals surface area (Å²) < 4.78 is 9.95. The molecule has 0 saturated carbocycles. The molecule has 7 nitrogen and oxygen atoms in total. The summed E-state index contributed by atoms with van der Waals surface area (Å²) in [6.45, 7) is 0.893. The van der Waals surface area contributed by atoms with Gasteiger partial charge in [-0.15, -0.1) is 0 Å². The minimum Gasteiger partial charge on any atom is -0.459 e. The van der Waals surface area contributed by atoms with Gasteiger partial charge in [-0.2, -0.15) is 0 Å². The Kier molecular flexibility index (Phi) is 4.62. The number of amides is 2. The number of ether oxygens (including phenoxy) is 1. The standard InChI is InChI=1S/C17H17N3O4/c1-23-8-6-18-16(21)14-10-11-9-12(4-5-13(11)20-14)19-17(22)15-3-2-7-24-15/h2-5,7,9-10,20H,6,8H2,1H3,(H,18,21)(H,19,22). The van der Waals surface area contributed by atoms with Gasteiger partial charge in [-0.25, -0.2) is 0 Å². The molecule has 0 bridgehead atoms. The predicted molar refractivity (Wildman–Crippen MR) is 89.2 cm³/mol. The molecule has 3 rings (SSSR count). The van der Waals surface area contributed by atoms with Gasteiger partial charge in [0.15, 0.2) is 5.76 Å². The number of rotatable bonds is 6. The molecular formula is C17H17N3O4. The minimum atomic E-state index is -0.326. The van der Waals surface area contributed by atoms with Crippen molar-refractivity contribution in [1.82, 2.24) is 10.3 Å². The molecule has 24 heavy (non-hydrogen) atoms. The maximum Gasteiger partial charge on any atom is 0.291 e. The van der Waals surface area contributed by atoms with Crippen LogP contribution in [-0.4, -0.2) is 37.1 Å². The van der Waals surface area contributed by atoms with Crippen molar-refractivity contribution in [3.63, 3.8) is 0 Å². The molecule has 0 fully saturated rings. The van der Waals surface area contributed by atoms with Crippen molar-refractivity contribution in [3.8, 4) is 0 Å². The molecule has 3 aromatic rings. The number of hydrogen-bond acceptors (Lipinski definition) is 4. The summed E-state index contributed by atoms with van der Waals surface area (Å²) in [7, 11) is 1.58. The average Bonchev–Trinajstić information content (AvgIpc) is 3.24. The molecule has 0 aliphatic rings. The van der Waals surface area contributed by atoms with Crippen molar-refractivity contribution in [1.29, 1.82) is 0 Å². The van der Waals surface area contributed by atoms with E-state index in [9.17, 15) is 9.59 Å². The Morgan fingerprint density at radius 3 is 2.83 bits per heavy atom. The Morgan fingerprint density at radius 1 is 1.21 bits per heavy atom. The third kappa shape index (κ3) is 3.47. The molecule has 0 atom stereocenters. The number of aromatic amines is 1. The molecule has 1 aromatic carbocycles. The predicted octanol–water partition coefficient (Wildman–Crippen LogP) is 2.39. The van der Waals surface area contributed by atoms with Crippen LogP contribution in [0.25, 0.3) is 10.9 Å². The van der Waals surface area contributed by atoms with Gasteiger partial charge < -0.3 is 24.8 Å². The number of carbonyl (C=O) groups excluding carboxylic acids is 2. The number of hydrogen-bond donors (Lipinski definition) is 3. The van der Waals surface area contributed by atoms with Crippen molar-refractivity contribution in [2.24, 2.45) is 0 Å². The van der Waals surface area contributed by atoms with E-state index in [2.05, 4.69) is 15.6 Å². The molecule has 0 aliphatic heterocycles. The van der Waals surface area contributed by atoms with E-state index in [1.165, 1.54) is 6.26 Å². The Labute approximate surface area is 138 Å². The fourth-order valence-electron chi connectivity index (χ4n) is 2.30. The zero-order chi connectivity index (χ0) is 16.9. The molecule has 0 spiro atoms. The van der Waals surface area contributed by atoms with Gasteiger partial charge in [0.25, 0.3) is 11.8 Å². The number of benzene rings is 1. The molecule has 7 heteroatoms. The van der Waals surface area contributed by atoms with Crippen molar-refractivity contribution in [2.45, 2.75) is 0 Å². The zero-order valence-electron chi connectivity index (χ0n) is 13.1. The molecule has 2 amide bonds. The van der Waals surface area contributed by atoms with Gasteiger partial charge in [0.05, 0.1) is 12.9 Å². The number of nitrogens with one attached hydrogen (secondary N) is 3. The Bertz CT molecular complexity index is 852. The van der Waals surface area contributed by atoms with Crippen molar-refractivity contribution in [3.05, 3.63) is 54.1 Å². The van der Waals surface area contributed by atoms with Crippen LogP contribution in [0.2, 0.25) is 0 Å². The van der Waals surface area contributed by atoms with Gasteiger partial charge in [0.2, 0.25) is 0 Å². The first kappa shape index (κ1) is 15.8. The second kappa shape index (κ2) is 7.01. The lowest BCUT2D eigenvalue weighted by Crippen LogP contribution is -2.27. The third-order valence-corrected chi connectivity index (χ3v) is 3.46. The van der Waals surface area contributed by atoms with Crippen LogP contribution >= 0.6 is 0 Å². The monoisotopic (exact) mass is 327 g/mol. The molecule has 2 aromatic heterocycles. The van der Waals surface area contributed by atoms with Crippen molar-refractivity contribution in [2.75, 3.05) is 25.6 Å². The fraction of sp³-hybridized carbons (Fsp3) is 0.176. The van der Waals surface area contributed by atoms with Gasteiger partial charge in [-0.1, -0.05) is 0 Å². The summed E-state index contributed by atoms with van der Waals surface area (Å²) in [6.07, 6.45) is 1.44. The number of methoxy groups -OCH3 is 1. The third-order valence-electron chi connectivity index (χ3n) is 3.46. The first-order valence-corrected chi connectivity index (χ1v) is 7.42. The van der Waals surface area contributed by atoms with E-state index in [1.807, 2.05) is 0 Å². The van der Waals surface area contributed by atoms with Gasteiger partial charge in [-0.05, 0) is 36.4 Å². The number of aromatic nitrogens is 1. The topological polar surface area (TPSA) is 96.4 Å². The number of furan rings is 1. The summed E-state index contributed by atoms with van der Waals surface area (Å²) in [5.41, 5.74) is 1.88. The number of carbonyl (C=O) groups is 2. The lowest BCUT2D eigenvalue weighted by atomic mass is 10.2. The summed E-state index contributed by atoms with van der Waals surface area (Å²) in [5, 5.41) is 6.33. The summed E-state index contributed by atoms with van der Waals surface area (Å²) in [6, 6.07) is 10.3. The van der Waals surface area contributed by atoms with E-state index in [0.29, 0.717) is 24.5 Å². The molecule has 124 valence electrons. The SMILES string of the molecule is COCCNC(=O)c1cc2cc(NC(=O)c3ccco3)ccc2[nH]1. The molecular weight excluding hydrogens is 310 g/mol. The highest BCUT2D eigenvalue weighted by molar-refractivity contribution is 6.04. The van der Waals surface area contributed by atoms with Gasteiger partial charge in [0, 0.05) is 30.2 Å². The fourth-order valence-corrected chi connectivity index (χ4v) is 2.30. The Balaban J connectivity index is 1.74. The maximum absolute atomic E-state index is 12.0. The van der Waals surface area contributed by atoms with E-state index >= 15 is 0 Å². The molecule has 0 saturated heterocycles. The minimum absolute atomic E-state index is 0.204. The van der Waals surface area contributed by atoms with Gasteiger partial charge in [0.1, 0.15) is 5.69 Å². The quantitative estimate of drug-likeness (QED) is 0.606.